The molecule has 1 aromatic carbocycles. The smallest absolute Gasteiger partial charge is 0.257 e. The van der Waals surface area contributed by atoms with Crippen molar-refractivity contribution in [1.82, 2.24) is 14.8 Å². The molecule has 0 saturated heterocycles. The number of aryl methyl sites for hydroxylation is 1. The first-order chi connectivity index (χ1) is 11.4. The average molecular weight is 452 g/mol. The molecule has 0 radical (unpaired) electrons. The lowest BCUT2D eigenvalue weighted by atomic mass is 10.1. The van der Waals surface area contributed by atoms with E-state index in [4.69, 9.17) is 0 Å². The van der Waals surface area contributed by atoms with Crippen LogP contribution in [0.2, 0.25) is 0 Å². The van der Waals surface area contributed by atoms with Crippen molar-refractivity contribution >= 4 is 54.5 Å². The number of amides is 1. The van der Waals surface area contributed by atoms with Crippen LogP contribution in [0.5, 0.6) is 0 Å². The van der Waals surface area contributed by atoms with Gasteiger partial charge in [-0.05, 0) is 61.0 Å². The third kappa shape index (κ3) is 3.23. The van der Waals surface area contributed by atoms with E-state index in [1.54, 1.807) is 6.20 Å². The minimum absolute atomic E-state index is 0.196. The summed E-state index contributed by atoms with van der Waals surface area (Å²) in [5.41, 5.74) is 2.71. The quantitative estimate of drug-likeness (QED) is 0.602. The van der Waals surface area contributed by atoms with E-state index < -0.39 is 0 Å². The molecular formula is C17H16Br2N4O. The van der Waals surface area contributed by atoms with Crippen LogP contribution in [0.15, 0.2) is 39.4 Å². The summed E-state index contributed by atoms with van der Waals surface area (Å²) in [5, 5.41) is 8.13. The average Bonchev–Trinajstić information content (AvgIpc) is 2.92. The highest BCUT2D eigenvalue weighted by molar-refractivity contribution is 9.11. The molecule has 0 spiro atoms. The first-order valence-corrected chi connectivity index (χ1v) is 9.06. The number of carbonyl (C=O) groups is 1. The predicted octanol–water partition coefficient (Wildman–Crippen LogP) is 5.10. The van der Waals surface area contributed by atoms with Crippen LogP contribution in [0.3, 0.4) is 0 Å². The topological polar surface area (TPSA) is 59.8 Å². The first-order valence-electron chi connectivity index (χ1n) is 7.48. The lowest BCUT2D eigenvalue weighted by Gasteiger charge is -2.11. The first kappa shape index (κ1) is 17.1. The van der Waals surface area contributed by atoms with Gasteiger partial charge >= 0.3 is 0 Å². The Balaban J connectivity index is 1.98. The molecule has 0 unspecified atom stereocenters. The van der Waals surface area contributed by atoms with Gasteiger partial charge in [-0.25, -0.2) is 9.67 Å². The summed E-state index contributed by atoms with van der Waals surface area (Å²) >= 11 is 6.85. The van der Waals surface area contributed by atoms with Gasteiger partial charge in [0.05, 0.1) is 23.1 Å². The third-order valence-electron chi connectivity index (χ3n) is 3.67. The van der Waals surface area contributed by atoms with Gasteiger partial charge in [0.1, 0.15) is 0 Å². The number of fused-ring (bicyclic) bond motifs is 1. The standard InChI is InChI=1S/C17H16Br2N4O/c1-9(2)23-16-11(8-20-23)6-13(10(3)21-16)17(24)22-15-7-12(18)4-5-14(15)19/h4-9H,1-3H3,(H,22,24). The molecule has 0 bridgehead atoms. The lowest BCUT2D eigenvalue weighted by Crippen LogP contribution is -2.15. The molecule has 3 aromatic rings. The van der Waals surface area contributed by atoms with E-state index in [9.17, 15) is 4.79 Å². The maximum absolute atomic E-state index is 12.7. The Kier molecular flexibility index (Phi) is 4.73. The highest BCUT2D eigenvalue weighted by Gasteiger charge is 2.16. The molecule has 0 atom stereocenters. The summed E-state index contributed by atoms with van der Waals surface area (Å²) in [6, 6.07) is 7.68. The van der Waals surface area contributed by atoms with Gasteiger partial charge in [-0.3, -0.25) is 4.79 Å². The molecular weight excluding hydrogens is 436 g/mol. The fourth-order valence-corrected chi connectivity index (χ4v) is 3.16. The lowest BCUT2D eigenvalue weighted by molar-refractivity contribution is 0.102. The molecule has 0 aliphatic carbocycles. The molecule has 3 rings (SSSR count). The van der Waals surface area contributed by atoms with Gasteiger partial charge in [0.25, 0.3) is 5.91 Å². The monoisotopic (exact) mass is 450 g/mol. The number of pyridine rings is 1. The Morgan fingerprint density at radius 3 is 2.71 bits per heavy atom. The largest absolute Gasteiger partial charge is 0.321 e. The van der Waals surface area contributed by atoms with Gasteiger partial charge in [-0.2, -0.15) is 5.10 Å². The number of hydrogen-bond acceptors (Lipinski definition) is 3. The molecule has 124 valence electrons. The van der Waals surface area contributed by atoms with Gasteiger partial charge in [0, 0.05) is 20.4 Å². The van der Waals surface area contributed by atoms with Crippen LogP contribution >= 0.6 is 31.9 Å². The number of halogens is 2. The third-order valence-corrected chi connectivity index (χ3v) is 4.85. The molecule has 0 aliphatic rings. The van der Waals surface area contributed by atoms with Crippen molar-refractivity contribution in [2.75, 3.05) is 5.32 Å². The zero-order valence-electron chi connectivity index (χ0n) is 13.5. The van der Waals surface area contributed by atoms with Crippen molar-refractivity contribution in [2.24, 2.45) is 0 Å². The van der Waals surface area contributed by atoms with Crippen molar-refractivity contribution in [1.29, 1.82) is 0 Å². The zero-order valence-corrected chi connectivity index (χ0v) is 16.6. The molecule has 0 aliphatic heterocycles. The van der Waals surface area contributed by atoms with Crippen LogP contribution in [0.1, 0.15) is 35.9 Å². The number of carbonyl (C=O) groups excluding carboxylic acids is 1. The molecule has 5 nitrogen and oxygen atoms in total. The van der Waals surface area contributed by atoms with Gasteiger partial charge < -0.3 is 5.32 Å². The maximum Gasteiger partial charge on any atom is 0.257 e. The Hall–Kier alpha value is -1.73. The summed E-state index contributed by atoms with van der Waals surface area (Å²) in [6.07, 6.45) is 1.74. The molecule has 2 aromatic heterocycles. The van der Waals surface area contributed by atoms with E-state index in [2.05, 4.69) is 61.1 Å². The van der Waals surface area contributed by atoms with Gasteiger partial charge in [0.2, 0.25) is 0 Å². The number of nitrogens with zero attached hydrogens (tertiary/aromatic N) is 3. The number of benzene rings is 1. The maximum atomic E-state index is 12.7. The molecule has 1 N–H and O–H groups in total. The summed E-state index contributed by atoms with van der Waals surface area (Å²) in [7, 11) is 0. The minimum atomic E-state index is -0.196. The fraction of sp³-hybridized carbons (Fsp3) is 0.235. The Morgan fingerprint density at radius 2 is 2.00 bits per heavy atom. The molecule has 2 heterocycles. The fourth-order valence-electron chi connectivity index (χ4n) is 2.46. The normalized spacial score (nSPS) is 11.2. The van der Waals surface area contributed by atoms with Crippen LogP contribution in [-0.2, 0) is 0 Å². The second kappa shape index (κ2) is 6.64. The van der Waals surface area contributed by atoms with Crippen molar-refractivity contribution in [3.8, 4) is 0 Å². The molecule has 0 fully saturated rings. The molecule has 7 heteroatoms. The van der Waals surface area contributed by atoms with E-state index in [0.717, 1.165) is 20.0 Å². The summed E-state index contributed by atoms with van der Waals surface area (Å²) in [6.45, 7) is 5.94. The number of anilines is 1. The van der Waals surface area contributed by atoms with Crippen LogP contribution in [0, 0.1) is 6.92 Å². The molecule has 1 amide bonds. The van der Waals surface area contributed by atoms with E-state index >= 15 is 0 Å². The second-order valence-corrected chi connectivity index (χ2v) is 7.57. The van der Waals surface area contributed by atoms with Gasteiger partial charge in [-0.1, -0.05) is 15.9 Å². The van der Waals surface area contributed by atoms with Crippen LogP contribution in [0.4, 0.5) is 5.69 Å². The van der Waals surface area contributed by atoms with Crippen molar-refractivity contribution < 1.29 is 4.79 Å². The summed E-state index contributed by atoms with van der Waals surface area (Å²) in [5.74, 6) is -0.196. The summed E-state index contributed by atoms with van der Waals surface area (Å²) < 4.78 is 3.57. The molecule has 24 heavy (non-hydrogen) atoms. The van der Waals surface area contributed by atoms with Crippen molar-refractivity contribution in [2.45, 2.75) is 26.8 Å². The van der Waals surface area contributed by atoms with Crippen molar-refractivity contribution in [3.63, 3.8) is 0 Å². The van der Waals surface area contributed by atoms with Gasteiger partial charge in [0.15, 0.2) is 5.65 Å². The Labute approximate surface area is 156 Å². The van der Waals surface area contributed by atoms with Crippen LogP contribution < -0.4 is 5.32 Å². The van der Waals surface area contributed by atoms with Crippen LogP contribution in [-0.4, -0.2) is 20.7 Å². The highest BCUT2D eigenvalue weighted by Crippen LogP contribution is 2.27. The van der Waals surface area contributed by atoms with Crippen LogP contribution in [0.25, 0.3) is 11.0 Å². The van der Waals surface area contributed by atoms with Gasteiger partial charge in [-0.15, -0.1) is 0 Å². The summed E-state index contributed by atoms with van der Waals surface area (Å²) in [4.78, 5) is 17.2. The van der Waals surface area contributed by atoms with E-state index in [1.165, 1.54) is 0 Å². The van der Waals surface area contributed by atoms with E-state index in [0.29, 0.717) is 16.9 Å². The Bertz CT molecular complexity index is 934. The predicted molar refractivity (Wildman–Crippen MR) is 102 cm³/mol. The van der Waals surface area contributed by atoms with Crippen molar-refractivity contribution in [3.05, 3.63) is 50.7 Å². The SMILES string of the molecule is Cc1nc2c(cnn2C(C)C)cc1C(=O)Nc1cc(Br)ccc1Br. The zero-order chi connectivity index (χ0) is 17.4. The minimum Gasteiger partial charge on any atom is -0.321 e. The Morgan fingerprint density at radius 1 is 1.25 bits per heavy atom. The number of nitrogens with one attached hydrogen (secondary N) is 1. The number of hydrogen-bond donors (Lipinski definition) is 1. The molecule has 0 saturated carbocycles. The second-order valence-electron chi connectivity index (χ2n) is 5.80. The highest BCUT2D eigenvalue weighted by atomic mass is 79.9. The van der Waals surface area contributed by atoms with E-state index in [1.807, 2.05) is 35.9 Å². The number of aromatic nitrogens is 3. The number of rotatable bonds is 3. The van der Waals surface area contributed by atoms with E-state index in [-0.39, 0.29) is 11.9 Å².